The molecule has 2 aromatic rings. The molecule has 0 saturated carbocycles. The Balaban J connectivity index is 1.47. The first-order valence-corrected chi connectivity index (χ1v) is 10.7. The molecule has 1 amide bonds. The number of piperidine rings is 1. The van der Waals surface area contributed by atoms with Crippen LogP contribution in [-0.4, -0.2) is 47.0 Å². The summed E-state index contributed by atoms with van der Waals surface area (Å²) < 4.78 is 13.6. The molecule has 1 aromatic carbocycles. The molecule has 2 aliphatic heterocycles. The molecule has 1 atom stereocenters. The zero-order valence-electron chi connectivity index (χ0n) is 17.0. The highest BCUT2D eigenvalue weighted by Gasteiger charge is 2.46. The van der Waals surface area contributed by atoms with E-state index in [1.807, 2.05) is 11.8 Å². The van der Waals surface area contributed by atoms with E-state index in [0.29, 0.717) is 12.1 Å². The number of carbonyl (C=O) groups is 1. The second-order valence-corrected chi connectivity index (χ2v) is 8.74. The minimum absolute atomic E-state index is 0.0810. The monoisotopic (exact) mass is 394 g/mol. The van der Waals surface area contributed by atoms with Crippen molar-refractivity contribution < 1.29 is 9.18 Å². The van der Waals surface area contributed by atoms with Crippen LogP contribution in [0.4, 0.5) is 10.2 Å². The number of nitrogens with zero attached hydrogens (tertiary/aromatic N) is 4. The minimum atomic E-state index is -0.368. The molecule has 152 valence electrons. The van der Waals surface area contributed by atoms with Crippen molar-refractivity contribution in [1.29, 1.82) is 0 Å². The predicted molar refractivity (Wildman–Crippen MR) is 110 cm³/mol. The van der Waals surface area contributed by atoms with Gasteiger partial charge in [-0.15, -0.1) is 0 Å². The smallest absolute Gasteiger partial charge is 0.253 e. The van der Waals surface area contributed by atoms with E-state index in [1.54, 1.807) is 12.1 Å². The van der Waals surface area contributed by atoms with E-state index in [4.69, 9.17) is 9.97 Å². The summed E-state index contributed by atoms with van der Waals surface area (Å²) in [6.45, 7) is 5.49. The number of benzene rings is 1. The number of amides is 1. The van der Waals surface area contributed by atoms with E-state index in [9.17, 15) is 9.18 Å². The fourth-order valence-corrected chi connectivity index (χ4v) is 5.43. The summed E-state index contributed by atoms with van der Waals surface area (Å²) in [6.07, 6.45) is 6.42. The summed E-state index contributed by atoms with van der Waals surface area (Å²) in [7, 11) is 0. The van der Waals surface area contributed by atoms with Gasteiger partial charge in [-0.05, 0) is 63.6 Å². The first kappa shape index (κ1) is 18.5. The molecule has 3 heterocycles. The van der Waals surface area contributed by atoms with Gasteiger partial charge in [-0.25, -0.2) is 14.4 Å². The average molecular weight is 394 g/mol. The molecule has 5 nitrogen and oxygen atoms in total. The zero-order valence-corrected chi connectivity index (χ0v) is 17.0. The van der Waals surface area contributed by atoms with Crippen LogP contribution in [0.2, 0.25) is 0 Å². The third-order valence-corrected chi connectivity index (χ3v) is 6.79. The summed E-state index contributed by atoms with van der Waals surface area (Å²) in [4.78, 5) is 27.1. The van der Waals surface area contributed by atoms with Crippen molar-refractivity contribution in [3.8, 4) is 0 Å². The molecule has 5 rings (SSSR count). The van der Waals surface area contributed by atoms with E-state index in [-0.39, 0.29) is 17.1 Å². The van der Waals surface area contributed by atoms with Crippen LogP contribution in [0, 0.1) is 12.7 Å². The van der Waals surface area contributed by atoms with Crippen molar-refractivity contribution in [1.82, 2.24) is 14.9 Å². The fraction of sp³-hybridized carbons (Fsp3) is 0.522. The molecule has 2 saturated heterocycles. The number of aryl methyl sites for hydroxylation is 1. The SMILES string of the molecule is Cc1nc(N2CCCC2)c2c(n1)C1(CCCN(C(=O)c3cccc(F)c3)C1)CC2. The quantitative estimate of drug-likeness (QED) is 0.780. The molecule has 2 fully saturated rings. The first-order chi connectivity index (χ1) is 14.1. The standard InChI is InChI=1S/C23H27FN4O/c1-16-25-20-19(21(26-16)27-11-2-3-12-27)8-10-23(20)9-5-13-28(15-23)22(29)17-6-4-7-18(24)14-17/h4,6-7,14H,2-3,5,8-13,15H2,1H3. The van der Waals surface area contributed by atoms with Crippen molar-refractivity contribution in [2.75, 3.05) is 31.1 Å². The number of anilines is 1. The van der Waals surface area contributed by atoms with Crippen molar-refractivity contribution in [2.24, 2.45) is 0 Å². The van der Waals surface area contributed by atoms with Crippen LogP contribution in [0.25, 0.3) is 0 Å². The molecule has 0 bridgehead atoms. The van der Waals surface area contributed by atoms with Gasteiger partial charge >= 0.3 is 0 Å². The average Bonchev–Trinajstić information content (AvgIpc) is 3.37. The summed E-state index contributed by atoms with van der Waals surface area (Å²) in [5.74, 6) is 1.49. The van der Waals surface area contributed by atoms with Gasteiger partial charge in [0, 0.05) is 42.7 Å². The van der Waals surface area contributed by atoms with Gasteiger partial charge in [0.1, 0.15) is 17.5 Å². The van der Waals surface area contributed by atoms with Gasteiger partial charge in [-0.3, -0.25) is 4.79 Å². The molecular weight excluding hydrogens is 367 g/mol. The van der Waals surface area contributed by atoms with Gasteiger partial charge in [0.05, 0.1) is 5.69 Å². The van der Waals surface area contributed by atoms with Gasteiger partial charge in [0.25, 0.3) is 5.91 Å². The lowest BCUT2D eigenvalue weighted by Gasteiger charge is -2.40. The van der Waals surface area contributed by atoms with Crippen molar-refractivity contribution in [3.63, 3.8) is 0 Å². The van der Waals surface area contributed by atoms with Gasteiger partial charge in [-0.2, -0.15) is 0 Å². The van der Waals surface area contributed by atoms with E-state index in [0.717, 1.165) is 62.7 Å². The highest BCUT2D eigenvalue weighted by molar-refractivity contribution is 5.94. The molecule has 6 heteroatoms. The molecular formula is C23H27FN4O. The Morgan fingerprint density at radius 1 is 1.10 bits per heavy atom. The predicted octanol–water partition coefficient (Wildman–Crippen LogP) is 3.64. The van der Waals surface area contributed by atoms with Crippen molar-refractivity contribution >= 4 is 11.7 Å². The Morgan fingerprint density at radius 2 is 1.93 bits per heavy atom. The summed E-state index contributed by atoms with van der Waals surface area (Å²) >= 11 is 0. The number of hydrogen-bond acceptors (Lipinski definition) is 4. The maximum Gasteiger partial charge on any atom is 0.253 e. The lowest BCUT2D eigenvalue weighted by atomic mass is 9.77. The van der Waals surface area contributed by atoms with Gasteiger partial charge in [0.15, 0.2) is 0 Å². The third-order valence-electron chi connectivity index (χ3n) is 6.79. The van der Waals surface area contributed by atoms with Crippen LogP contribution in [0.1, 0.15) is 59.5 Å². The Bertz CT molecular complexity index is 956. The third kappa shape index (κ3) is 3.18. The van der Waals surface area contributed by atoms with Crippen LogP contribution in [-0.2, 0) is 11.8 Å². The largest absolute Gasteiger partial charge is 0.356 e. The van der Waals surface area contributed by atoms with Gasteiger partial charge < -0.3 is 9.80 Å². The van der Waals surface area contributed by atoms with E-state index >= 15 is 0 Å². The molecule has 1 aliphatic carbocycles. The Labute approximate surface area is 171 Å². The summed E-state index contributed by atoms with van der Waals surface area (Å²) in [5.41, 5.74) is 2.77. The number of rotatable bonds is 2. The van der Waals surface area contributed by atoms with Crippen LogP contribution < -0.4 is 4.90 Å². The molecule has 29 heavy (non-hydrogen) atoms. The zero-order chi connectivity index (χ0) is 20.0. The number of likely N-dealkylation sites (tertiary alicyclic amines) is 1. The first-order valence-electron chi connectivity index (χ1n) is 10.7. The van der Waals surface area contributed by atoms with E-state index in [2.05, 4.69) is 4.90 Å². The number of carbonyl (C=O) groups excluding carboxylic acids is 1. The van der Waals surface area contributed by atoms with Crippen molar-refractivity contribution in [2.45, 2.75) is 50.9 Å². The van der Waals surface area contributed by atoms with E-state index < -0.39 is 0 Å². The maximum absolute atomic E-state index is 13.6. The number of halogens is 1. The minimum Gasteiger partial charge on any atom is -0.356 e. The highest BCUT2D eigenvalue weighted by atomic mass is 19.1. The second kappa shape index (κ2) is 7.08. The Hall–Kier alpha value is -2.50. The Morgan fingerprint density at radius 3 is 2.72 bits per heavy atom. The number of hydrogen-bond donors (Lipinski definition) is 0. The van der Waals surface area contributed by atoms with Crippen LogP contribution in [0.15, 0.2) is 24.3 Å². The number of aromatic nitrogens is 2. The molecule has 0 N–H and O–H groups in total. The second-order valence-electron chi connectivity index (χ2n) is 8.74. The van der Waals surface area contributed by atoms with Crippen molar-refractivity contribution in [3.05, 3.63) is 52.7 Å². The van der Waals surface area contributed by atoms with Gasteiger partial charge in [-0.1, -0.05) is 6.07 Å². The maximum atomic E-state index is 13.6. The molecule has 0 radical (unpaired) electrons. The summed E-state index contributed by atoms with van der Waals surface area (Å²) in [6, 6.07) is 6.02. The molecule has 1 unspecified atom stereocenters. The molecule has 1 spiro atoms. The fourth-order valence-electron chi connectivity index (χ4n) is 5.43. The Kier molecular flexibility index (Phi) is 4.52. The van der Waals surface area contributed by atoms with Gasteiger partial charge in [0.2, 0.25) is 0 Å². The number of fused-ring (bicyclic) bond motifs is 2. The van der Waals surface area contributed by atoms with Crippen LogP contribution >= 0.6 is 0 Å². The topological polar surface area (TPSA) is 49.3 Å². The lowest BCUT2D eigenvalue weighted by Crippen LogP contribution is -2.48. The molecule has 1 aromatic heterocycles. The van der Waals surface area contributed by atoms with Crippen LogP contribution in [0.5, 0.6) is 0 Å². The lowest BCUT2D eigenvalue weighted by molar-refractivity contribution is 0.0633. The normalized spacial score (nSPS) is 23.7. The molecule has 3 aliphatic rings. The summed E-state index contributed by atoms with van der Waals surface area (Å²) in [5, 5.41) is 0. The van der Waals surface area contributed by atoms with Crippen LogP contribution in [0.3, 0.4) is 0 Å². The van der Waals surface area contributed by atoms with E-state index in [1.165, 1.54) is 30.5 Å². The highest BCUT2D eigenvalue weighted by Crippen LogP contribution is 2.47.